The van der Waals surface area contributed by atoms with E-state index in [0.717, 1.165) is 22.2 Å². The maximum absolute atomic E-state index is 12.2. The van der Waals surface area contributed by atoms with E-state index < -0.39 is 0 Å². The van der Waals surface area contributed by atoms with Gasteiger partial charge in [0.25, 0.3) is 5.56 Å². The number of aromatic nitrogens is 2. The van der Waals surface area contributed by atoms with Crippen LogP contribution in [0.4, 0.5) is 11.5 Å². The summed E-state index contributed by atoms with van der Waals surface area (Å²) in [7, 11) is 0. The minimum Gasteiger partial charge on any atom is -0.366 e. The number of hydrogen-bond acceptors (Lipinski definition) is 4. The zero-order chi connectivity index (χ0) is 16.7. The third-order valence-electron chi connectivity index (χ3n) is 3.96. The van der Waals surface area contributed by atoms with Gasteiger partial charge in [-0.1, -0.05) is 11.6 Å². The van der Waals surface area contributed by atoms with Gasteiger partial charge in [0.05, 0.1) is 18.3 Å². The molecule has 120 valence electrons. The molecular formula is C17H13ClN4O2. The van der Waals surface area contributed by atoms with Crippen LogP contribution in [0, 0.1) is 0 Å². The second-order valence-corrected chi connectivity index (χ2v) is 6.10. The number of amides is 1. The number of aromatic amines is 1. The van der Waals surface area contributed by atoms with Crippen molar-refractivity contribution in [2.24, 2.45) is 0 Å². The van der Waals surface area contributed by atoms with Crippen LogP contribution in [0.25, 0.3) is 10.9 Å². The van der Waals surface area contributed by atoms with E-state index >= 15 is 0 Å². The lowest BCUT2D eigenvalue weighted by Gasteiger charge is -2.08. The number of nitrogens with zero attached hydrogens (tertiary/aromatic N) is 1. The van der Waals surface area contributed by atoms with Crippen molar-refractivity contribution in [3.8, 4) is 0 Å². The zero-order valence-corrected chi connectivity index (χ0v) is 13.3. The maximum atomic E-state index is 12.2. The van der Waals surface area contributed by atoms with E-state index in [0.29, 0.717) is 29.4 Å². The summed E-state index contributed by atoms with van der Waals surface area (Å²) in [5.74, 6) is 0.586. The van der Waals surface area contributed by atoms with E-state index in [9.17, 15) is 9.59 Å². The van der Waals surface area contributed by atoms with Crippen molar-refractivity contribution in [1.29, 1.82) is 0 Å². The maximum Gasteiger partial charge on any atom is 0.253 e. The molecule has 2 aromatic heterocycles. The first-order valence-corrected chi connectivity index (χ1v) is 7.80. The largest absolute Gasteiger partial charge is 0.366 e. The van der Waals surface area contributed by atoms with Crippen LogP contribution in [0.1, 0.15) is 11.1 Å². The zero-order valence-electron chi connectivity index (χ0n) is 12.5. The van der Waals surface area contributed by atoms with Crippen molar-refractivity contribution in [2.75, 3.05) is 10.6 Å². The Hall–Kier alpha value is -2.86. The quantitative estimate of drug-likeness (QED) is 0.684. The van der Waals surface area contributed by atoms with Crippen LogP contribution >= 0.6 is 11.6 Å². The summed E-state index contributed by atoms with van der Waals surface area (Å²) >= 11 is 6.00. The number of nitrogens with one attached hydrogen (secondary N) is 3. The molecule has 1 aliphatic rings. The summed E-state index contributed by atoms with van der Waals surface area (Å²) in [6.45, 7) is 0.324. The van der Waals surface area contributed by atoms with Crippen molar-refractivity contribution < 1.29 is 4.79 Å². The van der Waals surface area contributed by atoms with Gasteiger partial charge in [0.1, 0.15) is 5.82 Å². The van der Waals surface area contributed by atoms with Gasteiger partial charge in [-0.2, -0.15) is 0 Å². The van der Waals surface area contributed by atoms with E-state index in [1.54, 1.807) is 24.4 Å². The van der Waals surface area contributed by atoms with Crippen LogP contribution in [0.2, 0.25) is 5.02 Å². The van der Waals surface area contributed by atoms with E-state index in [-0.39, 0.29) is 11.5 Å². The lowest BCUT2D eigenvalue weighted by atomic mass is 10.1. The van der Waals surface area contributed by atoms with Gasteiger partial charge in [0.15, 0.2) is 0 Å². The highest BCUT2D eigenvalue weighted by Crippen LogP contribution is 2.24. The van der Waals surface area contributed by atoms with E-state index in [1.807, 2.05) is 12.1 Å². The van der Waals surface area contributed by atoms with Crippen LogP contribution in [0.15, 0.2) is 41.3 Å². The Balaban J connectivity index is 1.59. The van der Waals surface area contributed by atoms with E-state index in [1.165, 1.54) is 0 Å². The summed E-state index contributed by atoms with van der Waals surface area (Å²) in [5.41, 5.74) is 2.81. The Morgan fingerprint density at radius 1 is 1.21 bits per heavy atom. The van der Waals surface area contributed by atoms with Crippen LogP contribution < -0.4 is 16.2 Å². The SMILES string of the molecule is O=C1Cc2cc(NCc3cc4cc(Cl)ccc4[nH]c3=O)ncc2N1. The second kappa shape index (κ2) is 5.65. The Kier molecular flexibility index (Phi) is 3.46. The molecule has 0 saturated heterocycles. The monoisotopic (exact) mass is 340 g/mol. The first-order chi connectivity index (χ1) is 11.6. The number of carbonyl (C=O) groups is 1. The standard InChI is InChI=1S/C17H13ClN4O2/c18-12-1-2-13-9(4-12)3-11(17(24)22-13)7-19-15-5-10-6-16(23)21-14(10)8-20-15/h1-5,8H,6-7H2,(H,19,20)(H,21,23)(H,22,24). The van der Waals surface area contributed by atoms with Gasteiger partial charge in [-0.15, -0.1) is 0 Å². The Labute approximate surface area is 141 Å². The fourth-order valence-electron chi connectivity index (χ4n) is 2.76. The average molecular weight is 341 g/mol. The molecule has 4 rings (SSSR count). The van der Waals surface area contributed by atoms with Crippen molar-refractivity contribution in [1.82, 2.24) is 9.97 Å². The lowest BCUT2D eigenvalue weighted by molar-refractivity contribution is -0.115. The summed E-state index contributed by atoms with van der Waals surface area (Å²) < 4.78 is 0. The van der Waals surface area contributed by atoms with Crippen LogP contribution in [-0.4, -0.2) is 15.9 Å². The first-order valence-electron chi connectivity index (χ1n) is 7.42. The van der Waals surface area contributed by atoms with Crippen LogP contribution in [0.3, 0.4) is 0 Å². The van der Waals surface area contributed by atoms with E-state index in [4.69, 9.17) is 11.6 Å². The minimum absolute atomic E-state index is 0.0354. The smallest absolute Gasteiger partial charge is 0.253 e. The third kappa shape index (κ3) is 2.72. The first kappa shape index (κ1) is 14.7. The van der Waals surface area contributed by atoms with Crippen molar-refractivity contribution >= 4 is 39.9 Å². The molecule has 0 spiro atoms. The van der Waals surface area contributed by atoms with Gasteiger partial charge in [0.2, 0.25) is 5.91 Å². The second-order valence-electron chi connectivity index (χ2n) is 5.66. The van der Waals surface area contributed by atoms with Gasteiger partial charge >= 0.3 is 0 Å². The number of fused-ring (bicyclic) bond motifs is 2. The number of H-pyrrole nitrogens is 1. The van der Waals surface area contributed by atoms with Crippen LogP contribution in [0.5, 0.6) is 0 Å². The Morgan fingerprint density at radius 3 is 2.96 bits per heavy atom. The van der Waals surface area contributed by atoms with Crippen molar-refractivity contribution in [3.63, 3.8) is 0 Å². The fourth-order valence-corrected chi connectivity index (χ4v) is 2.94. The summed E-state index contributed by atoms with van der Waals surface area (Å²) in [4.78, 5) is 30.6. The number of benzene rings is 1. The number of halogens is 1. The fraction of sp³-hybridized carbons (Fsp3) is 0.118. The summed E-state index contributed by atoms with van der Waals surface area (Å²) in [5, 5.41) is 7.35. The number of hydrogen-bond donors (Lipinski definition) is 3. The number of anilines is 2. The number of pyridine rings is 2. The molecule has 0 saturated carbocycles. The predicted octanol–water partition coefficient (Wildman–Crippen LogP) is 2.68. The number of carbonyl (C=O) groups excluding carboxylic acids is 1. The van der Waals surface area contributed by atoms with Gasteiger partial charge in [-0.25, -0.2) is 4.98 Å². The highest BCUT2D eigenvalue weighted by molar-refractivity contribution is 6.31. The Bertz CT molecular complexity index is 1030. The molecule has 0 fully saturated rings. The average Bonchev–Trinajstić information content (AvgIpc) is 2.92. The molecule has 0 aliphatic carbocycles. The predicted molar refractivity (Wildman–Crippen MR) is 93.5 cm³/mol. The highest BCUT2D eigenvalue weighted by Gasteiger charge is 2.18. The van der Waals surface area contributed by atoms with Gasteiger partial charge in [0, 0.05) is 28.0 Å². The number of rotatable bonds is 3. The molecule has 1 amide bonds. The van der Waals surface area contributed by atoms with Gasteiger partial charge < -0.3 is 15.6 Å². The molecule has 3 aromatic rings. The molecule has 0 radical (unpaired) electrons. The summed E-state index contributed by atoms with van der Waals surface area (Å²) in [6.07, 6.45) is 1.97. The third-order valence-corrected chi connectivity index (χ3v) is 4.19. The molecule has 3 heterocycles. The molecule has 0 bridgehead atoms. The molecule has 6 nitrogen and oxygen atoms in total. The highest BCUT2D eigenvalue weighted by atomic mass is 35.5. The molecule has 1 aromatic carbocycles. The minimum atomic E-state index is -0.157. The molecular weight excluding hydrogens is 328 g/mol. The molecule has 0 atom stereocenters. The molecule has 1 aliphatic heterocycles. The molecule has 0 unspecified atom stereocenters. The molecule has 7 heteroatoms. The van der Waals surface area contributed by atoms with Crippen LogP contribution in [-0.2, 0) is 17.8 Å². The summed E-state index contributed by atoms with van der Waals surface area (Å²) in [6, 6.07) is 8.95. The normalized spacial score (nSPS) is 13.0. The molecule has 24 heavy (non-hydrogen) atoms. The molecule has 3 N–H and O–H groups in total. The lowest BCUT2D eigenvalue weighted by Crippen LogP contribution is -2.16. The van der Waals surface area contributed by atoms with Gasteiger partial charge in [-0.05, 0) is 35.9 Å². The van der Waals surface area contributed by atoms with Crippen molar-refractivity contribution in [3.05, 3.63) is 63.0 Å². The topological polar surface area (TPSA) is 86.9 Å². The van der Waals surface area contributed by atoms with E-state index in [2.05, 4.69) is 20.6 Å². The van der Waals surface area contributed by atoms with Gasteiger partial charge in [-0.3, -0.25) is 9.59 Å². The Morgan fingerprint density at radius 2 is 2.08 bits per heavy atom. The van der Waals surface area contributed by atoms with Crippen molar-refractivity contribution in [2.45, 2.75) is 13.0 Å².